The van der Waals surface area contributed by atoms with Crippen LogP contribution in [0.2, 0.25) is 0 Å². The van der Waals surface area contributed by atoms with Gasteiger partial charge in [-0.2, -0.15) is 9.57 Å². The molecule has 0 spiro atoms. The molecular weight excluding hydrogens is 402 g/mol. The standard InChI is InChI=1S/C22H23N3O4S/c1-17-7-9-20(29-2)18(15-17)8-10-22(26)24-11-13-25(14-12-24)30(27,28)21-6-4-3-5-19(21)16-23/h3-10,15H,11-14H2,1-2H3/b10-8+. The first-order chi connectivity index (χ1) is 14.4. The largest absolute Gasteiger partial charge is 0.496 e. The molecule has 0 N–H and O–H groups in total. The molecule has 1 heterocycles. The molecule has 0 bridgehead atoms. The van der Waals surface area contributed by atoms with Gasteiger partial charge in [0.1, 0.15) is 11.8 Å². The van der Waals surface area contributed by atoms with E-state index >= 15 is 0 Å². The lowest BCUT2D eigenvalue weighted by Gasteiger charge is -2.33. The second-order valence-corrected chi connectivity index (χ2v) is 8.82. The number of sulfonamides is 1. The number of nitrogens with zero attached hydrogens (tertiary/aromatic N) is 3. The van der Waals surface area contributed by atoms with Crippen LogP contribution in [0.4, 0.5) is 0 Å². The number of methoxy groups -OCH3 is 1. The van der Waals surface area contributed by atoms with Gasteiger partial charge in [0.05, 0.1) is 17.6 Å². The molecule has 1 saturated heterocycles. The number of aryl methyl sites for hydroxylation is 1. The highest BCUT2D eigenvalue weighted by molar-refractivity contribution is 7.89. The van der Waals surface area contributed by atoms with E-state index in [-0.39, 0.29) is 42.5 Å². The Labute approximate surface area is 176 Å². The number of hydrogen-bond acceptors (Lipinski definition) is 5. The molecule has 2 aromatic carbocycles. The maximum absolute atomic E-state index is 12.9. The minimum Gasteiger partial charge on any atom is -0.496 e. The minimum atomic E-state index is -3.78. The molecular formula is C22H23N3O4S. The zero-order valence-corrected chi connectivity index (χ0v) is 17.7. The second kappa shape index (κ2) is 9.11. The van der Waals surface area contributed by atoms with Gasteiger partial charge in [0.25, 0.3) is 0 Å². The summed E-state index contributed by atoms with van der Waals surface area (Å²) in [7, 11) is -2.21. The van der Waals surface area contributed by atoms with Gasteiger partial charge in [0.15, 0.2) is 0 Å². The fraction of sp³-hybridized carbons (Fsp3) is 0.273. The molecule has 30 heavy (non-hydrogen) atoms. The van der Waals surface area contributed by atoms with E-state index < -0.39 is 10.0 Å². The first-order valence-corrected chi connectivity index (χ1v) is 10.9. The summed E-state index contributed by atoms with van der Waals surface area (Å²) >= 11 is 0. The van der Waals surface area contributed by atoms with Crippen molar-refractivity contribution in [2.75, 3.05) is 33.3 Å². The van der Waals surface area contributed by atoms with E-state index in [1.807, 2.05) is 31.2 Å². The number of piperazine rings is 1. The van der Waals surface area contributed by atoms with Gasteiger partial charge >= 0.3 is 0 Å². The van der Waals surface area contributed by atoms with Crippen LogP contribution in [0.1, 0.15) is 16.7 Å². The summed E-state index contributed by atoms with van der Waals surface area (Å²) < 4.78 is 32.4. The lowest BCUT2D eigenvalue weighted by molar-refractivity contribution is -0.127. The topological polar surface area (TPSA) is 90.7 Å². The fourth-order valence-electron chi connectivity index (χ4n) is 3.32. The van der Waals surface area contributed by atoms with Crippen molar-refractivity contribution < 1.29 is 17.9 Å². The van der Waals surface area contributed by atoms with Crippen LogP contribution in [0.3, 0.4) is 0 Å². The van der Waals surface area contributed by atoms with E-state index in [1.54, 1.807) is 30.2 Å². The van der Waals surface area contributed by atoms with E-state index in [1.165, 1.54) is 22.5 Å². The second-order valence-electron chi connectivity index (χ2n) is 6.92. The first kappa shape index (κ1) is 21.6. The van der Waals surface area contributed by atoms with Gasteiger partial charge in [-0.05, 0) is 37.3 Å². The molecule has 0 aliphatic carbocycles. The summed E-state index contributed by atoms with van der Waals surface area (Å²) in [6.45, 7) is 2.87. The van der Waals surface area contributed by atoms with Crippen LogP contribution in [0, 0.1) is 18.3 Å². The van der Waals surface area contributed by atoms with Gasteiger partial charge in [0.2, 0.25) is 15.9 Å². The number of nitriles is 1. The first-order valence-electron chi connectivity index (χ1n) is 9.47. The maximum atomic E-state index is 12.9. The Morgan fingerprint density at radius 2 is 1.83 bits per heavy atom. The molecule has 3 rings (SSSR count). The Kier molecular flexibility index (Phi) is 6.55. The number of benzene rings is 2. The average Bonchev–Trinajstić information content (AvgIpc) is 2.77. The van der Waals surface area contributed by atoms with Crippen LogP contribution in [0.5, 0.6) is 5.75 Å². The Hall–Kier alpha value is -3.15. The number of hydrogen-bond donors (Lipinski definition) is 0. The molecule has 156 valence electrons. The number of rotatable bonds is 5. The highest BCUT2D eigenvalue weighted by Crippen LogP contribution is 2.22. The Balaban J connectivity index is 1.68. The maximum Gasteiger partial charge on any atom is 0.246 e. The van der Waals surface area contributed by atoms with E-state index in [0.717, 1.165) is 11.1 Å². The van der Waals surface area contributed by atoms with E-state index in [4.69, 9.17) is 4.74 Å². The smallest absolute Gasteiger partial charge is 0.246 e. The molecule has 1 amide bonds. The van der Waals surface area contributed by atoms with Crippen molar-refractivity contribution in [3.63, 3.8) is 0 Å². The fourth-order valence-corrected chi connectivity index (χ4v) is 4.89. The van der Waals surface area contributed by atoms with Crippen molar-refractivity contribution in [2.45, 2.75) is 11.8 Å². The molecule has 0 unspecified atom stereocenters. The predicted molar refractivity (Wildman–Crippen MR) is 113 cm³/mol. The van der Waals surface area contributed by atoms with Crippen molar-refractivity contribution >= 4 is 22.0 Å². The molecule has 7 nitrogen and oxygen atoms in total. The van der Waals surface area contributed by atoms with Gasteiger partial charge in [-0.25, -0.2) is 8.42 Å². The van der Waals surface area contributed by atoms with Crippen molar-refractivity contribution in [1.29, 1.82) is 5.26 Å². The molecule has 0 atom stereocenters. The van der Waals surface area contributed by atoms with Crippen LogP contribution in [0.25, 0.3) is 6.08 Å². The van der Waals surface area contributed by atoms with Crippen molar-refractivity contribution in [3.8, 4) is 11.8 Å². The Morgan fingerprint density at radius 1 is 1.13 bits per heavy atom. The zero-order chi connectivity index (χ0) is 21.7. The van der Waals surface area contributed by atoms with Crippen molar-refractivity contribution in [3.05, 3.63) is 65.2 Å². The molecule has 2 aromatic rings. The summed E-state index contributed by atoms with van der Waals surface area (Å²) in [6, 6.07) is 13.8. The minimum absolute atomic E-state index is 0.00119. The molecule has 1 aliphatic heterocycles. The lowest BCUT2D eigenvalue weighted by atomic mass is 10.1. The molecule has 0 radical (unpaired) electrons. The van der Waals surface area contributed by atoms with Gasteiger partial charge in [0, 0.05) is 37.8 Å². The monoisotopic (exact) mass is 425 g/mol. The van der Waals surface area contributed by atoms with Crippen LogP contribution in [-0.2, 0) is 14.8 Å². The molecule has 1 aliphatic rings. The number of ether oxygens (including phenoxy) is 1. The summed E-state index contributed by atoms with van der Waals surface area (Å²) in [5.74, 6) is 0.491. The lowest BCUT2D eigenvalue weighted by Crippen LogP contribution is -2.50. The van der Waals surface area contributed by atoms with E-state index in [2.05, 4.69) is 0 Å². The number of amides is 1. The Morgan fingerprint density at radius 3 is 2.50 bits per heavy atom. The third-order valence-corrected chi connectivity index (χ3v) is 6.92. The quantitative estimate of drug-likeness (QED) is 0.686. The van der Waals surface area contributed by atoms with Crippen LogP contribution < -0.4 is 4.74 Å². The van der Waals surface area contributed by atoms with Gasteiger partial charge in [-0.3, -0.25) is 4.79 Å². The van der Waals surface area contributed by atoms with Gasteiger partial charge < -0.3 is 9.64 Å². The predicted octanol–water partition coefficient (Wildman–Crippen LogP) is 2.42. The normalized spacial score (nSPS) is 15.2. The van der Waals surface area contributed by atoms with E-state index in [9.17, 15) is 18.5 Å². The third-order valence-electron chi connectivity index (χ3n) is 4.97. The van der Waals surface area contributed by atoms with Gasteiger partial charge in [-0.15, -0.1) is 0 Å². The SMILES string of the molecule is COc1ccc(C)cc1/C=C/C(=O)N1CCN(S(=O)(=O)c2ccccc2C#N)CC1. The highest BCUT2D eigenvalue weighted by atomic mass is 32.2. The van der Waals surface area contributed by atoms with Crippen LogP contribution in [-0.4, -0.2) is 56.8 Å². The number of carbonyl (C=O) groups is 1. The van der Waals surface area contributed by atoms with Crippen molar-refractivity contribution in [1.82, 2.24) is 9.21 Å². The molecule has 0 aromatic heterocycles. The van der Waals surface area contributed by atoms with Crippen LogP contribution >= 0.6 is 0 Å². The Bertz CT molecular complexity index is 1110. The number of carbonyl (C=O) groups excluding carboxylic acids is 1. The van der Waals surface area contributed by atoms with E-state index in [0.29, 0.717) is 5.75 Å². The summed E-state index contributed by atoms with van der Waals surface area (Å²) in [5, 5.41) is 9.20. The van der Waals surface area contributed by atoms with Crippen molar-refractivity contribution in [2.24, 2.45) is 0 Å². The molecule has 1 fully saturated rings. The average molecular weight is 426 g/mol. The molecule has 8 heteroatoms. The van der Waals surface area contributed by atoms with Gasteiger partial charge in [-0.1, -0.05) is 23.8 Å². The summed E-state index contributed by atoms with van der Waals surface area (Å²) in [4.78, 5) is 14.2. The third kappa shape index (κ3) is 4.53. The summed E-state index contributed by atoms with van der Waals surface area (Å²) in [6.07, 6.45) is 3.19. The zero-order valence-electron chi connectivity index (χ0n) is 16.9. The molecule has 0 saturated carbocycles. The summed E-state index contributed by atoms with van der Waals surface area (Å²) in [5.41, 5.74) is 1.98. The highest BCUT2D eigenvalue weighted by Gasteiger charge is 2.31. The van der Waals surface area contributed by atoms with Crippen LogP contribution in [0.15, 0.2) is 53.4 Å².